The lowest BCUT2D eigenvalue weighted by molar-refractivity contribution is -0.144. The maximum atomic E-state index is 14.5. The first-order valence-corrected chi connectivity index (χ1v) is 18.6. The minimum Gasteiger partial charge on any atom is -0.346 e. The molecule has 1 aliphatic carbocycles. The Bertz CT molecular complexity index is 1190. The Hall–Kier alpha value is -3.44. The lowest BCUT2D eigenvalue weighted by Crippen LogP contribution is -2.63. The van der Waals surface area contributed by atoms with Crippen LogP contribution in [0.4, 0.5) is 4.79 Å². The van der Waals surface area contributed by atoms with E-state index in [1.165, 1.54) is 6.08 Å². The highest BCUT2D eigenvalue weighted by atomic mass is 16.2. The predicted octanol–water partition coefficient (Wildman–Crippen LogP) is 3.98. The molecule has 0 radical (unpaired) electrons. The van der Waals surface area contributed by atoms with Gasteiger partial charge in [-0.15, -0.1) is 6.58 Å². The van der Waals surface area contributed by atoms with Crippen LogP contribution in [0.15, 0.2) is 12.7 Å². The summed E-state index contributed by atoms with van der Waals surface area (Å²) < 4.78 is 0. The molecular formula is C37H62N6O6. The summed E-state index contributed by atoms with van der Waals surface area (Å²) in [4.78, 5) is 83.7. The molecule has 49 heavy (non-hydrogen) atoms. The van der Waals surface area contributed by atoms with Crippen LogP contribution in [0.3, 0.4) is 0 Å². The van der Waals surface area contributed by atoms with Gasteiger partial charge in [0.15, 0.2) is 0 Å². The van der Waals surface area contributed by atoms with Crippen LogP contribution >= 0.6 is 0 Å². The SMILES string of the molecule is C=CCNC(=O)C(=O)C(CCCCC)NC(=O)[C@@H]1CCCN1C(=O)[C@@H](NC(=O)N[C@H](CN1CCCCC1=O)C(C)(C)C)C1(C)CCCCC1. The summed E-state index contributed by atoms with van der Waals surface area (Å²) >= 11 is 0. The average molecular weight is 687 g/mol. The Balaban J connectivity index is 1.80. The van der Waals surface area contributed by atoms with E-state index in [0.717, 1.165) is 57.8 Å². The van der Waals surface area contributed by atoms with E-state index in [0.29, 0.717) is 51.7 Å². The standard InChI is InChI=1S/C37H62N6O6/c1-7-9-11-17-26(30(45)33(47)38-22-8-2)39-32(46)27-18-16-24-43(27)34(48)31(37(6)20-13-10-14-21-37)41-35(49)40-28(36(3,4)5)25-42-23-15-12-19-29(42)44/h8,26-28,31H,2,7,9-25H2,1,3-6H3,(H,38,47)(H,39,46)(H2,40,41,49)/t26?,27-,28+,31+/m0/s1. The van der Waals surface area contributed by atoms with E-state index in [-0.39, 0.29) is 29.8 Å². The molecule has 3 fully saturated rings. The molecule has 2 saturated heterocycles. The number of hydrogen-bond acceptors (Lipinski definition) is 6. The molecule has 0 aromatic heterocycles. The zero-order valence-corrected chi connectivity index (χ0v) is 30.7. The lowest BCUT2D eigenvalue weighted by atomic mass is 9.70. The van der Waals surface area contributed by atoms with Gasteiger partial charge in [0.1, 0.15) is 12.1 Å². The van der Waals surface area contributed by atoms with Crippen molar-refractivity contribution in [2.45, 2.75) is 149 Å². The van der Waals surface area contributed by atoms with Crippen molar-refractivity contribution in [1.29, 1.82) is 0 Å². The second-order valence-corrected chi connectivity index (χ2v) is 15.6. The van der Waals surface area contributed by atoms with Crippen molar-refractivity contribution in [3.8, 4) is 0 Å². The molecule has 2 heterocycles. The second kappa shape index (κ2) is 18.5. The molecule has 3 aliphatic rings. The smallest absolute Gasteiger partial charge is 0.315 e. The number of likely N-dealkylation sites (tertiary alicyclic amines) is 2. The fourth-order valence-corrected chi connectivity index (χ4v) is 7.34. The average Bonchev–Trinajstić information content (AvgIpc) is 3.56. The van der Waals surface area contributed by atoms with Gasteiger partial charge in [0, 0.05) is 32.6 Å². The largest absolute Gasteiger partial charge is 0.346 e. The van der Waals surface area contributed by atoms with Gasteiger partial charge in [-0.1, -0.05) is 79.2 Å². The molecular weight excluding hydrogens is 624 g/mol. The predicted molar refractivity (Wildman–Crippen MR) is 189 cm³/mol. The van der Waals surface area contributed by atoms with Gasteiger partial charge in [0.25, 0.3) is 5.91 Å². The molecule has 4 N–H and O–H groups in total. The number of nitrogens with zero attached hydrogens (tertiary/aromatic N) is 2. The van der Waals surface area contributed by atoms with E-state index in [4.69, 9.17) is 0 Å². The number of carbonyl (C=O) groups is 6. The van der Waals surface area contributed by atoms with Crippen LogP contribution < -0.4 is 21.3 Å². The molecule has 12 heteroatoms. The topological polar surface area (TPSA) is 157 Å². The van der Waals surface area contributed by atoms with Crippen LogP contribution in [0.1, 0.15) is 125 Å². The van der Waals surface area contributed by atoms with Crippen molar-refractivity contribution in [2.24, 2.45) is 10.8 Å². The Labute approximate surface area is 293 Å². The van der Waals surface area contributed by atoms with Crippen molar-refractivity contribution in [1.82, 2.24) is 31.1 Å². The molecule has 6 amide bonds. The number of unbranched alkanes of at least 4 members (excludes halogenated alkanes) is 2. The Kier molecular flexibility index (Phi) is 15.1. The van der Waals surface area contributed by atoms with E-state index in [1.54, 1.807) is 4.90 Å². The number of amides is 6. The van der Waals surface area contributed by atoms with Crippen LogP contribution in [0.2, 0.25) is 0 Å². The highest BCUT2D eigenvalue weighted by Gasteiger charge is 2.47. The number of hydrogen-bond donors (Lipinski definition) is 4. The van der Waals surface area contributed by atoms with Gasteiger partial charge in [-0.2, -0.15) is 0 Å². The van der Waals surface area contributed by atoms with E-state index in [9.17, 15) is 28.8 Å². The number of rotatable bonds is 16. The summed E-state index contributed by atoms with van der Waals surface area (Å²) in [5, 5.41) is 11.5. The summed E-state index contributed by atoms with van der Waals surface area (Å²) in [6.45, 7) is 15.2. The third-order valence-corrected chi connectivity index (χ3v) is 10.6. The van der Waals surface area contributed by atoms with E-state index >= 15 is 0 Å². The summed E-state index contributed by atoms with van der Waals surface area (Å²) in [5.74, 6) is -2.18. The lowest BCUT2D eigenvalue weighted by Gasteiger charge is -2.43. The van der Waals surface area contributed by atoms with Crippen molar-refractivity contribution in [3.05, 3.63) is 12.7 Å². The number of nitrogens with one attached hydrogen (secondary N) is 4. The number of carbonyl (C=O) groups excluding carboxylic acids is 6. The summed E-state index contributed by atoms with van der Waals surface area (Å²) in [5.41, 5.74) is -0.868. The quantitative estimate of drug-likeness (QED) is 0.109. The Morgan fingerprint density at radius 1 is 0.959 bits per heavy atom. The first-order valence-electron chi connectivity index (χ1n) is 18.6. The highest BCUT2D eigenvalue weighted by molar-refractivity contribution is 6.38. The van der Waals surface area contributed by atoms with Gasteiger partial charge >= 0.3 is 6.03 Å². The number of ketones is 1. The van der Waals surface area contributed by atoms with Crippen molar-refractivity contribution in [3.63, 3.8) is 0 Å². The maximum Gasteiger partial charge on any atom is 0.315 e. The van der Waals surface area contributed by atoms with Gasteiger partial charge in [0.05, 0.1) is 12.1 Å². The van der Waals surface area contributed by atoms with Gasteiger partial charge in [-0.05, 0) is 55.8 Å². The minimum absolute atomic E-state index is 0.0931. The molecule has 12 nitrogen and oxygen atoms in total. The number of Topliss-reactive ketones (excluding diaryl/α,β-unsaturated/α-hetero) is 1. The van der Waals surface area contributed by atoms with E-state index in [2.05, 4.69) is 27.8 Å². The fourth-order valence-electron chi connectivity index (χ4n) is 7.34. The molecule has 1 unspecified atom stereocenters. The highest BCUT2D eigenvalue weighted by Crippen LogP contribution is 2.40. The molecule has 2 aliphatic heterocycles. The summed E-state index contributed by atoms with van der Waals surface area (Å²) in [6.07, 6.45) is 12.0. The monoisotopic (exact) mass is 686 g/mol. The van der Waals surface area contributed by atoms with Gasteiger partial charge in [0.2, 0.25) is 23.5 Å². The molecule has 0 bridgehead atoms. The van der Waals surface area contributed by atoms with Crippen molar-refractivity contribution < 1.29 is 28.8 Å². The second-order valence-electron chi connectivity index (χ2n) is 15.6. The van der Waals surface area contributed by atoms with Crippen LogP contribution in [0.25, 0.3) is 0 Å². The van der Waals surface area contributed by atoms with E-state index in [1.807, 2.05) is 39.5 Å². The van der Waals surface area contributed by atoms with Gasteiger partial charge in [-0.3, -0.25) is 24.0 Å². The fraction of sp³-hybridized carbons (Fsp3) is 0.784. The first kappa shape index (κ1) is 40.0. The molecule has 276 valence electrons. The molecule has 4 atom stereocenters. The zero-order valence-electron chi connectivity index (χ0n) is 30.7. The van der Waals surface area contributed by atoms with Crippen LogP contribution in [0.5, 0.6) is 0 Å². The van der Waals surface area contributed by atoms with Gasteiger partial charge in [-0.25, -0.2) is 4.79 Å². The normalized spacial score (nSPS) is 21.2. The summed E-state index contributed by atoms with van der Waals surface area (Å²) in [7, 11) is 0. The molecule has 1 saturated carbocycles. The molecule has 0 aromatic rings. The third-order valence-electron chi connectivity index (χ3n) is 10.6. The number of piperidine rings is 1. The van der Waals surface area contributed by atoms with Crippen LogP contribution in [0, 0.1) is 10.8 Å². The van der Waals surface area contributed by atoms with E-state index < -0.39 is 47.2 Å². The molecule has 0 spiro atoms. The summed E-state index contributed by atoms with van der Waals surface area (Å²) in [6, 6.07) is -3.51. The van der Waals surface area contributed by atoms with Crippen molar-refractivity contribution in [2.75, 3.05) is 26.2 Å². The third kappa shape index (κ3) is 11.3. The molecule has 0 aromatic carbocycles. The molecule has 3 rings (SSSR count). The van der Waals surface area contributed by atoms with Crippen molar-refractivity contribution >= 4 is 35.4 Å². The Morgan fingerprint density at radius 3 is 2.31 bits per heavy atom. The number of urea groups is 1. The van der Waals surface area contributed by atoms with Gasteiger partial charge < -0.3 is 31.1 Å². The zero-order chi connectivity index (χ0) is 36.2. The first-order chi connectivity index (χ1) is 23.2. The van der Waals surface area contributed by atoms with Crippen LogP contribution in [-0.4, -0.2) is 95.6 Å². The minimum atomic E-state index is -1.00. The maximum absolute atomic E-state index is 14.5. The Morgan fingerprint density at radius 2 is 1.67 bits per heavy atom. The van der Waals surface area contributed by atoms with Crippen LogP contribution in [-0.2, 0) is 24.0 Å².